The second kappa shape index (κ2) is 4.09. The van der Waals surface area contributed by atoms with E-state index in [2.05, 4.69) is 17.1 Å². The van der Waals surface area contributed by atoms with Gasteiger partial charge >= 0.3 is 5.97 Å². The smallest absolute Gasteiger partial charge is 0.352 e. The quantitative estimate of drug-likeness (QED) is 0.881. The minimum Gasteiger partial charge on any atom is -0.477 e. The minimum atomic E-state index is -0.911. The van der Waals surface area contributed by atoms with E-state index < -0.39 is 5.97 Å². The van der Waals surface area contributed by atoms with Crippen molar-refractivity contribution in [1.29, 1.82) is 0 Å². The Morgan fingerprint density at radius 3 is 2.95 bits per heavy atom. The molecule has 2 N–H and O–H groups in total. The maximum atomic E-state index is 11.0. The molecule has 4 heteroatoms. The highest BCUT2D eigenvalue weighted by molar-refractivity contribution is 5.93. The summed E-state index contributed by atoms with van der Waals surface area (Å²) in [6.07, 6.45) is 4.55. The van der Waals surface area contributed by atoms with Crippen LogP contribution in [0.5, 0.6) is 0 Å². The number of aromatic amines is 1. The van der Waals surface area contributed by atoms with E-state index in [0.29, 0.717) is 5.92 Å². The number of hydrogen-bond donors (Lipinski definition) is 2. The van der Waals surface area contributed by atoms with Crippen molar-refractivity contribution in [3.05, 3.63) is 35.5 Å². The van der Waals surface area contributed by atoms with Crippen molar-refractivity contribution in [2.45, 2.75) is 37.2 Å². The second-order valence-electron chi connectivity index (χ2n) is 6.06. The van der Waals surface area contributed by atoms with Crippen LogP contribution in [0.1, 0.15) is 47.7 Å². The normalized spacial score (nSPS) is 24.1. The molecule has 1 aromatic carbocycles. The lowest BCUT2D eigenvalue weighted by Crippen LogP contribution is -2.25. The van der Waals surface area contributed by atoms with E-state index in [1.807, 2.05) is 6.07 Å². The molecule has 104 valence electrons. The molecule has 1 saturated heterocycles. The monoisotopic (exact) mass is 271 g/mol. The molecule has 2 heterocycles. The first kappa shape index (κ1) is 12.0. The number of carboxylic acids is 1. The fourth-order valence-electron chi connectivity index (χ4n) is 3.32. The fraction of sp³-hybridized carbons (Fsp3) is 0.438. The molecule has 0 amide bonds. The van der Waals surface area contributed by atoms with E-state index in [0.717, 1.165) is 30.4 Å². The molecule has 1 aromatic heterocycles. The third kappa shape index (κ3) is 1.91. The summed E-state index contributed by atoms with van der Waals surface area (Å²) < 4.78 is 5.87. The Hall–Kier alpha value is -1.81. The zero-order valence-corrected chi connectivity index (χ0v) is 11.2. The van der Waals surface area contributed by atoms with Crippen LogP contribution < -0.4 is 0 Å². The van der Waals surface area contributed by atoms with Crippen LogP contribution in [0.2, 0.25) is 0 Å². The topological polar surface area (TPSA) is 62.3 Å². The first-order valence-electron chi connectivity index (χ1n) is 7.15. The second-order valence-corrected chi connectivity index (χ2v) is 6.06. The van der Waals surface area contributed by atoms with Gasteiger partial charge in [-0.15, -0.1) is 0 Å². The number of nitrogens with one attached hydrogen (secondary N) is 1. The lowest BCUT2D eigenvalue weighted by atomic mass is 9.87. The van der Waals surface area contributed by atoms with Crippen LogP contribution in [-0.4, -0.2) is 28.3 Å². The van der Waals surface area contributed by atoms with Gasteiger partial charge in [-0.25, -0.2) is 4.79 Å². The predicted octanol–water partition coefficient (Wildman–Crippen LogP) is 3.29. The van der Waals surface area contributed by atoms with Crippen molar-refractivity contribution < 1.29 is 14.6 Å². The van der Waals surface area contributed by atoms with Gasteiger partial charge in [0, 0.05) is 17.5 Å². The molecule has 1 unspecified atom stereocenters. The van der Waals surface area contributed by atoms with Crippen LogP contribution in [0, 0.1) is 0 Å². The Kier molecular flexibility index (Phi) is 2.45. The van der Waals surface area contributed by atoms with Gasteiger partial charge in [-0.2, -0.15) is 0 Å². The summed E-state index contributed by atoms with van der Waals surface area (Å²) in [5.74, 6) is -0.371. The number of fused-ring (bicyclic) bond motifs is 1. The van der Waals surface area contributed by atoms with E-state index in [9.17, 15) is 4.79 Å². The zero-order chi connectivity index (χ0) is 13.7. The first-order valence-corrected chi connectivity index (χ1v) is 7.15. The Labute approximate surface area is 116 Å². The first-order chi connectivity index (χ1) is 9.65. The average Bonchev–Trinajstić information content (AvgIpc) is 3.04. The largest absolute Gasteiger partial charge is 0.477 e. The molecule has 4 nitrogen and oxygen atoms in total. The van der Waals surface area contributed by atoms with E-state index in [4.69, 9.17) is 9.84 Å². The lowest BCUT2D eigenvalue weighted by Gasteiger charge is -2.30. The molecular weight excluding hydrogens is 254 g/mol. The summed E-state index contributed by atoms with van der Waals surface area (Å²) in [5, 5.41) is 10.0. The Bertz CT molecular complexity index is 684. The molecule has 2 aromatic rings. The van der Waals surface area contributed by atoms with E-state index >= 15 is 0 Å². The summed E-state index contributed by atoms with van der Waals surface area (Å²) in [5.41, 5.74) is 2.62. The van der Waals surface area contributed by atoms with Crippen LogP contribution in [0.4, 0.5) is 0 Å². The summed E-state index contributed by atoms with van der Waals surface area (Å²) in [4.78, 5) is 13.9. The molecule has 0 radical (unpaired) electrons. The van der Waals surface area contributed by atoms with Crippen molar-refractivity contribution in [3.63, 3.8) is 0 Å². The minimum absolute atomic E-state index is 0.169. The third-order valence-electron chi connectivity index (χ3n) is 4.65. The van der Waals surface area contributed by atoms with Gasteiger partial charge in [0.15, 0.2) is 0 Å². The number of carbonyl (C=O) groups is 1. The standard InChI is InChI=1S/C16H17NO3/c18-15(19)14-8-12-7-10(1-2-13(12)17-14)11-3-6-20-16(9-11)4-5-16/h1-2,7-8,11,17H,3-6,9H2,(H,18,19). The van der Waals surface area contributed by atoms with Gasteiger partial charge < -0.3 is 14.8 Å². The molecule has 1 atom stereocenters. The van der Waals surface area contributed by atoms with Gasteiger partial charge in [-0.3, -0.25) is 0 Å². The van der Waals surface area contributed by atoms with Crippen LogP contribution in [0.25, 0.3) is 10.9 Å². The Morgan fingerprint density at radius 2 is 2.20 bits per heavy atom. The van der Waals surface area contributed by atoms with Gasteiger partial charge in [-0.05, 0) is 55.4 Å². The number of carboxylic acid groups (broad SMARTS) is 1. The zero-order valence-electron chi connectivity index (χ0n) is 11.2. The molecule has 2 fully saturated rings. The van der Waals surface area contributed by atoms with Crippen molar-refractivity contribution in [2.75, 3.05) is 6.61 Å². The summed E-state index contributed by atoms with van der Waals surface area (Å²) in [6.45, 7) is 0.843. The predicted molar refractivity (Wildman–Crippen MR) is 75.2 cm³/mol. The van der Waals surface area contributed by atoms with Crippen LogP contribution >= 0.6 is 0 Å². The van der Waals surface area contributed by atoms with Crippen molar-refractivity contribution in [3.8, 4) is 0 Å². The molecule has 0 bridgehead atoms. The van der Waals surface area contributed by atoms with Gasteiger partial charge in [0.2, 0.25) is 0 Å². The number of aromatic nitrogens is 1. The van der Waals surface area contributed by atoms with E-state index in [1.165, 1.54) is 18.4 Å². The molecule has 2 aliphatic rings. The highest BCUT2D eigenvalue weighted by Gasteiger charge is 2.47. The van der Waals surface area contributed by atoms with Crippen molar-refractivity contribution in [1.82, 2.24) is 4.98 Å². The summed E-state index contributed by atoms with van der Waals surface area (Å²) in [6, 6.07) is 7.96. The van der Waals surface area contributed by atoms with Gasteiger partial charge in [0.1, 0.15) is 5.69 Å². The number of ether oxygens (including phenoxy) is 1. The van der Waals surface area contributed by atoms with Gasteiger partial charge in [0.05, 0.1) is 5.60 Å². The molecule has 1 saturated carbocycles. The third-order valence-corrected chi connectivity index (χ3v) is 4.65. The molecule has 1 aliphatic carbocycles. The number of benzene rings is 1. The number of H-pyrrole nitrogens is 1. The van der Waals surface area contributed by atoms with Crippen molar-refractivity contribution in [2.24, 2.45) is 0 Å². The Morgan fingerprint density at radius 1 is 1.35 bits per heavy atom. The highest BCUT2D eigenvalue weighted by Crippen LogP contribution is 2.50. The number of hydrogen-bond acceptors (Lipinski definition) is 2. The summed E-state index contributed by atoms with van der Waals surface area (Å²) >= 11 is 0. The Balaban J connectivity index is 1.67. The molecule has 20 heavy (non-hydrogen) atoms. The van der Waals surface area contributed by atoms with E-state index in [-0.39, 0.29) is 11.3 Å². The SMILES string of the molecule is O=C(O)c1cc2cc(C3CCOC4(CC4)C3)ccc2[nH]1. The summed E-state index contributed by atoms with van der Waals surface area (Å²) in [7, 11) is 0. The van der Waals surface area contributed by atoms with Crippen LogP contribution in [-0.2, 0) is 4.74 Å². The maximum absolute atomic E-state index is 11.0. The lowest BCUT2D eigenvalue weighted by molar-refractivity contribution is -0.0132. The molecule has 1 spiro atoms. The van der Waals surface area contributed by atoms with E-state index in [1.54, 1.807) is 6.07 Å². The molecule has 1 aliphatic heterocycles. The van der Waals surface area contributed by atoms with Gasteiger partial charge in [0.25, 0.3) is 0 Å². The average molecular weight is 271 g/mol. The molecule has 4 rings (SSSR count). The fourth-order valence-corrected chi connectivity index (χ4v) is 3.32. The van der Waals surface area contributed by atoms with Gasteiger partial charge in [-0.1, -0.05) is 6.07 Å². The maximum Gasteiger partial charge on any atom is 0.352 e. The number of aromatic carboxylic acids is 1. The van der Waals surface area contributed by atoms with Crippen LogP contribution in [0.3, 0.4) is 0 Å². The van der Waals surface area contributed by atoms with Crippen molar-refractivity contribution >= 4 is 16.9 Å². The molecular formula is C16H17NO3. The number of rotatable bonds is 2. The highest BCUT2D eigenvalue weighted by atomic mass is 16.5. The van der Waals surface area contributed by atoms with Crippen LogP contribution in [0.15, 0.2) is 24.3 Å².